The molecule has 2 heteroatoms. The minimum Gasteiger partial charge on any atom is -0.309 e. The van der Waals surface area contributed by atoms with Crippen molar-refractivity contribution in [1.82, 2.24) is 0 Å². The van der Waals surface area contributed by atoms with E-state index in [1.165, 1.54) is 69.7 Å². The number of hydrogen-bond acceptors (Lipinski definition) is 2. The van der Waals surface area contributed by atoms with E-state index in [2.05, 4.69) is 181 Å². The fourth-order valence-corrected chi connectivity index (χ4v) is 8.01. The summed E-state index contributed by atoms with van der Waals surface area (Å²) < 4.78 is 2.60. The highest BCUT2D eigenvalue weighted by atomic mass is 32.1. The smallest absolute Gasteiger partial charge is 0.0555 e. The van der Waals surface area contributed by atoms with E-state index in [0.717, 1.165) is 11.4 Å². The summed E-state index contributed by atoms with van der Waals surface area (Å²) >= 11 is 1.86. The lowest BCUT2D eigenvalue weighted by atomic mass is 9.89. The summed E-state index contributed by atoms with van der Waals surface area (Å²) in [7, 11) is 0. The van der Waals surface area contributed by atoms with Crippen LogP contribution in [0.2, 0.25) is 0 Å². The highest BCUT2D eigenvalue weighted by Crippen LogP contribution is 2.48. The van der Waals surface area contributed by atoms with Gasteiger partial charge in [-0.2, -0.15) is 0 Å². The molecule has 0 fully saturated rings. The molecule has 0 spiro atoms. The van der Waals surface area contributed by atoms with Crippen molar-refractivity contribution in [2.75, 3.05) is 4.90 Å². The number of thiophene rings is 1. The lowest BCUT2D eigenvalue weighted by molar-refractivity contribution is 1.30. The summed E-state index contributed by atoms with van der Waals surface area (Å²) in [6.45, 7) is 0. The number of nitrogens with zero attached hydrogens (tertiary/aromatic N) is 1. The molecular formula is C44H29NS. The summed E-state index contributed by atoms with van der Waals surface area (Å²) in [5.74, 6) is 0. The van der Waals surface area contributed by atoms with Crippen molar-refractivity contribution < 1.29 is 0 Å². The first-order valence-electron chi connectivity index (χ1n) is 15.7. The molecule has 0 bridgehead atoms. The first kappa shape index (κ1) is 26.7. The Morgan fingerprint density at radius 3 is 1.80 bits per heavy atom. The van der Waals surface area contributed by atoms with Gasteiger partial charge >= 0.3 is 0 Å². The molecule has 0 saturated heterocycles. The maximum Gasteiger partial charge on any atom is 0.0555 e. The van der Waals surface area contributed by atoms with Crippen molar-refractivity contribution >= 4 is 70.1 Å². The van der Waals surface area contributed by atoms with Crippen LogP contribution < -0.4 is 4.90 Å². The SMILES string of the molecule is c1ccc(N(c2ccccc2-c2cc3ccccc3cc2-c2ccc3ccccc3c2)c2cccc3sc4ccccc4c23)cc1. The number of anilines is 3. The molecule has 1 heterocycles. The molecule has 0 amide bonds. The van der Waals surface area contributed by atoms with Crippen LogP contribution in [-0.4, -0.2) is 0 Å². The molecule has 0 N–H and O–H groups in total. The minimum absolute atomic E-state index is 1.13. The quantitative estimate of drug-likeness (QED) is 0.189. The predicted molar refractivity (Wildman–Crippen MR) is 200 cm³/mol. The molecule has 0 unspecified atom stereocenters. The molecule has 8 aromatic carbocycles. The average molecular weight is 604 g/mol. The summed E-state index contributed by atoms with van der Waals surface area (Å²) in [6, 6.07) is 64.1. The Balaban J connectivity index is 1.34. The molecule has 216 valence electrons. The van der Waals surface area contributed by atoms with E-state index < -0.39 is 0 Å². The van der Waals surface area contributed by atoms with Crippen molar-refractivity contribution in [3.63, 3.8) is 0 Å². The number of rotatable bonds is 5. The highest BCUT2D eigenvalue weighted by Gasteiger charge is 2.22. The van der Waals surface area contributed by atoms with E-state index in [1.54, 1.807) is 0 Å². The molecule has 0 aliphatic heterocycles. The zero-order chi connectivity index (χ0) is 30.5. The molecule has 9 rings (SSSR count). The van der Waals surface area contributed by atoms with Gasteiger partial charge in [0.25, 0.3) is 0 Å². The maximum absolute atomic E-state index is 2.45. The van der Waals surface area contributed by atoms with Gasteiger partial charge < -0.3 is 4.90 Å². The van der Waals surface area contributed by atoms with Gasteiger partial charge in [-0.15, -0.1) is 11.3 Å². The van der Waals surface area contributed by atoms with Gasteiger partial charge in [0.05, 0.1) is 11.4 Å². The molecule has 9 aromatic rings. The van der Waals surface area contributed by atoms with Crippen LogP contribution in [0.4, 0.5) is 17.1 Å². The van der Waals surface area contributed by atoms with E-state index >= 15 is 0 Å². The Morgan fingerprint density at radius 1 is 0.370 bits per heavy atom. The van der Waals surface area contributed by atoms with Crippen molar-refractivity contribution in [3.05, 3.63) is 176 Å². The van der Waals surface area contributed by atoms with Crippen LogP contribution in [0.15, 0.2) is 176 Å². The Bertz CT molecular complexity index is 2540. The van der Waals surface area contributed by atoms with Crippen molar-refractivity contribution in [2.45, 2.75) is 0 Å². The van der Waals surface area contributed by atoms with E-state index in [4.69, 9.17) is 0 Å². The molecule has 46 heavy (non-hydrogen) atoms. The summed E-state index contributed by atoms with van der Waals surface area (Å²) in [5, 5.41) is 7.54. The van der Waals surface area contributed by atoms with E-state index in [9.17, 15) is 0 Å². The minimum atomic E-state index is 1.13. The van der Waals surface area contributed by atoms with Crippen LogP contribution in [0.3, 0.4) is 0 Å². The molecule has 0 radical (unpaired) electrons. The van der Waals surface area contributed by atoms with Crippen molar-refractivity contribution in [2.24, 2.45) is 0 Å². The van der Waals surface area contributed by atoms with Crippen LogP contribution in [-0.2, 0) is 0 Å². The van der Waals surface area contributed by atoms with Gasteiger partial charge in [-0.1, -0.05) is 121 Å². The van der Waals surface area contributed by atoms with Crippen LogP contribution in [0.1, 0.15) is 0 Å². The first-order chi connectivity index (χ1) is 22.8. The zero-order valence-electron chi connectivity index (χ0n) is 25.1. The Morgan fingerprint density at radius 2 is 0.978 bits per heavy atom. The standard InChI is InChI=1S/C44H29NS/c1-2-17-35(18-3-1)45(41-22-12-24-43-44(41)37-20-9-11-23-42(37)46-43)40-21-10-8-19-36(40)39-29-33-16-7-6-15-32(33)28-38(39)34-26-25-30-13-4-5-14-31(30)27-34/h1-29H. The Hall–Kier alpha value is -5.70. The lowest BCUT2D eigenvalue weighted by Gasteiger charge is -2.29. The second-order valence-corrected chi connectivity index (χ2v) is 12.8. The topological polar surface area (TPSA) is 3.24 Å². The zero-order valence-corrected chi connectivity index (χ0v) is 25.9. The van der Waals surface area contributed by atoms with Gasteiger partial charge in [0.2, 0.25) is 0 Å². The molecule has 1 aromatic heterocycles. The Labute approximate surface area is 272 Å². The molecule has 0 aliphatic rings. The maximum atomic E-state index is 2.45. The van der Waals surface area contributed by atoms with E-state index in [1.807, 2.05) is 11.3 Å². The van der Waals surface area contributed by atoms with Gasteiger partial charge in [0, 0.05) is 31.4 Å². The second-order valence-electron chi connectivity index (χ2n) is 11.7. The summed E-state index contributed by atoms with van der Waals surface area (Å²) in [6.07, 6.45) is 0. The average Bonchev–Trinajstić information content (AvgIpc) is 3.51. The van der Waals surface area contributed by atoms with Crippen molar-refractivity contribution in [3.8, 4) is 22.3 Å². The molecule has 0 saturated carbocycles. The fourth-order valence-electron chi connectivity index (χ4n) is 6.88. The summed E-state index contributed by atoms with van der Waals surface area (Å²) in [4.78, 5) is 2.45. The molecule has 0 aliphatic carbocycles. The monoisotopic (exact) mass is 603 g/mol. The third kappa shape index (κ3) is 4.46. The Kier molecular flexibility index (Phi) is 6.40. The number of hydrogen-bond donors (Lipinski definition) is 0. The van der Waals surface area contributed by atoms with Gasteiger partial charge in [-0.3, -0.25) is 0 Å². The number of fused-ring (bicyclic) bond motifs is 5. The largest absolute Gasteiger partial charge is 0.309 e. The van der Waals surface area contributed by atoms with Crippen LogP contribution in [0.5, 0.6) is 0 Å². The van der Waals surface area contributed by atoms with Gasteiger partial charge in [-0.05, 0) is 92.8 Å². The predicted octanol–water partition coefficient (Wildman–Crippen LogP) is 13.2. The number of para-hydroxylation sites is 2. The number of benzene rings is 8. The third-order valence-electron chi connectivity index (χ3n) is 9.02. The van der Waals surface area contributed by atoms with Crippen molar-refractivity contribution in [1.29, 1.82) is 0 Å². The third-order valence-corrected chi connectivity index (χ3v) is 10.2. The first-order valence-corrected chi connectivity index (χ1v) is 16.5. The molecular weight excluding hydrogens is 575 g/mol. The van der Waals surface area contributed by atoms with Gasteiger partial charge in [-0.25, -0.2) is 0 Å². The molecule has 1 nitrogen and oxygen atoms in total. The van der Waals surface area contributed by atoms with Crippen LogP contribution in [0.25, 0.3) is 64.0 Å². The van der Waals surface area contributed by atoms with Gasteiger partial charge in [0.15, 0.2) is 0 Å². The highest BCUT2D eigenvalue weighted by molar-refractivity contribution is 7.26. The molecule has 0 atom stereocenters. The normalized spacial score (nSPS) is 11.5. The van der Waals surface area contributed by atoms with E-state index in [-0.39, 0.29) is 0 Å². The van der Waals surface area contributed by atoms with Crippen LogP contribution >= 0.6 is 11.3 Å². The van der Waals surface area contributed by atoms with E-state index in [0.29, 0.717) is 0 Å². The van der Waals surface area contributed by atoms with Crippen LogP contribution in [0, 0.1) is 0 Å². The summed E-state index contributed by atoms with van der Waals surface area (Å²) in [5.41, 5.74) is 8.31. The van der Waals surface area contributed by atoms with Gasteiger partial charge in [0.1, 0.15) is 0 Å². The second kappa shape index (κ2) is 11.0. The fraction of sp³-hybridized carbons (Fsp3) is 0. The lowest BCUT2D eigenvalue weighted by Crippen LogP contribution is -2.11.